The van der Waals surface area contributed by atoms with E-state index in [1.54, 1.807) is 0 Å². The summed E-state index contributed by atoms with van der Waals surface area (Å²) in [6.07, 6.45) is 4.20. The van der Waals surface area contributed by atoms with Crippen molar-refractivity contribution in [2.45, 2.75) is 32.6 Å². The summed E-state index contributed by atoms with van der Waals surface area (Å²) in [4.78, 5) is 4.42. The molecular formula is C14H17N3O. The maximum atomic E-state index is 5.31. The fourth-order valence-corrected chi connectivity index (χ4v) is 2.30. The van der Waals surface area contributed by atoms with Crippen molar-refractivity contribution in [2.75, 3.05) is 11.9 Å². The lowest BCUT2D eigenvalue weighted by Gasteiger charge is -2.17. The number of hydrogen-bond acceptors (Lipinski definition) is 4. The number of benzene rings is 1. The summed E-state index contributed by atoms with van der Waals surface area (Å²) in [5.41, 5.74) is 3.60. The van der Waals surface area contributed by atoms with Crippen LogP contribution in [0.5, 0.6) is 0 Å². The topological polar surface area (TPSA) is 51.0 Å². The third kappa shape index (κ3) is 2.10. The SMILES string of the molecule is CCCc1noc(-c2ccc3c(c2)CCCN3)n1. The number of aryl methyl sites for hydroxylation is 2. The molecule has 1 aliphatic heterocycles. The smallest absolute Gasteiger partial charge is 0.257 e. The van der Waals surface area contributed by atoms with Crippen LogP contribution in [0, 0.1) is 0 Å². The number of fused-ring (bicyclic) bond motifs is 1. The number of rotatable bonds is 3. The van der Waals surface area contributed by atoms with Crippen molar-refractivity contribution in [1.29, 1.82) is 0 Å². The van der Waals surface area contributed by atoms with Crippen LogP contribution in [-0.2, 0) is 12.8 Å². The van der Waals surface area contributed by atoms with Crippen LogP contribution in [0.15, 0.2) is 22.7 Å². The molecule has 0 radical (unpaired) electrons. The number of nitrogens with one attached hydrogen (secondary N) is 1. The van der Waals surface area contributed by atoms with Crippen LogP contribution >= 0.6 is 0 Å². The molecule has 94 valence electrons. The normalized spacial score (nSPS) is 14.1. The molecule has 0 unspecified atom stereocenters. The third-order valence-corrected chi connectivity index (χ3v) is 3.23. The van der Waals surface area contributed by atoms with Gasteiger partial charge in [0, 0.05) is 24.2 Å². The average Bonchev–Trinajstić information content (AvgIpc) is 2.87. The Morgan fingerprint density at radius 2 is 2.33 bits per heavy atom. The van der Waals surface area contributed by atoms with Gasteiger partial charge in [0.15, 0.2) is 5.82 Å². The Labute approximate surface area is 106 Å². The molecule has 2 heterocycles. The van der Waals surface area contributed by atoms with E-state index in [1.165, 1.54) is 17.7 Å². The van der Waals surface area contributed by atoms with Gasteiger partial charge in [-0.25, -0.2) is 0 Å². The molecular weight excluding hydrogens is 226 g/mol. The predicted octanol–water partition coefficient (Wildman–Crippen LogP) is 3.05. The van der Waals surface area contributed by atoms with Crippen molar-refractivity contribution in [1.82, 2.24) is 10.1 Å². The number of aromatic nitrogens is 2. The lowest BCUT2D eigenvalue weighted by Crippen LogP contribution is -2.11. The van der Waals surface area contributed by atoms with Gasteiger partial charge in [-0.2, -0.15) is 4.98 Å². The molecule has 0 fully saturated rings. The number of hydrogen-bond donors (Lipinski definition) is 1. The Morgan fingerprint density at radius 1 is 1.39 bits per heavy atom. The van der Waals surface area contributed by atoms with Crippen LogP contribution in [0.2, 0.25) is 0 Å². The zero-order chi connectivity index (χ0) is 12.4. The third-order valence-electron chi connectivity index (χ3n) is 3.23. The Bertz CT molecular complexity index is 548. The van der Waals surface area contributed by atoms with E-state index in [0.717, 1.165) is 37.2 Å². The molecule has 18 heavy (non-hydrogen) atoms. The molecule has 0 bridgehead atoms. The first-order chi connectivity index (χ1) is 8.86. The summed E-state index contributed by atoms with van der Waals surface area (Å²) >= 11 is 0. The van der Waals surface area contributed by atoms with Gasteiger partial charge in [0.25, 0.3) is 5.89 Å². The van der Waals surface area contributed by atoms with E-state index in [0.29, 0.717) is 5.89 Å². The molecule has 4 nitrogen and oxygen atoms in total. The molecule has 4 heteroatoms. The van der Waals surface area contributed by atoms with Gasteiger partial charge in [-0.15, -0.1) is 0 Å². The van der Waals surface area contributed by atoms with Crippen LogP contribution < -0.4 is 5.32 Å². The van der Waals surface area contributed by atoms with Crippen molar-refractivity contribution in [3.63, 3.8) is 0 Å². The quantitative estimate of drug-likeness (QED) is 0.900. The maximum Gasteiger partial charge on any atom is 0.257 e. The Morgan fingerprint density at radius 3 is 3.22 bits per heavy atom. The fraction of sp³-hybridized carbons (Fsp3) is 0.429. The number of nitrogens with zero attached hydrogens (tertiary/aromatic N) is 2. The number of anilines is 1. The molecule has 0 saturated carbocycles. The lowest BCUT2D eigenvalue weighted by molar-refractivity contribution is 0.422. The van der Waals surface area contributed by atoms with E-state index >= 15 is 0 Å². The Kier molecular flexibility index (Phi) is 3.00. The van der Waals surface area contributed by atoms with Crippen LogP contribution in [0.3, 0.4) is 0 Å². The molecule has 0 aliphatic carbocycles. The zero-order valence-electron chi connectivity index (χ0n) is 10.6. The van der Waals surface area contributed by atoms with E-state index < -0.39 is 0 Å². The van der Waals surface area contributed by atoms with Crippen molar-refractivity contribution >= 4 is 5.69 Å². The van der Waals surface area contributed by atoms with E-state index in [9.17, 15) is 0 Å². The molecule has 1 aromatic heterocycles. The summed E-state index contributed by atoms with van der Waals surface area (Å²) < 4.78 is 5.31. The van der Waals surface area contributed by atoms with Gasteiger partial charge in [0.05, 0.1) is 0 Å². The average molecular weight is 243 g/mol. The zero-order valence-corrected chi connectivity index (χ0v) is 10.6. The van der Waals surface area contributed by atoms with Gasteiger partial charge in [0.2, 0.25) is 0 Å². The molecule has 1 aromatic carbocycles. The van der Waals surface area contributed by atoms with Crippen LogP contribution in [0.25, 0.3) is 11.5 Å². The van der Waals surface area contributed by atoms with E-state index in [2.05, 4.69) is 34.5 Å². The van der Waals surface area contributed by atoms with Gasteiger partial charge in [-0.05, 0) is 43.0 Å². The molecule has 3 rings (SSSR count). The largest absolute Gasteiger partial charge is 0.385 e. The minimum Gasteiger partial charge on any atom is -0.385 e. The minimum absolute atomic E-state index is 0.631. The van der Waals surface area contributed by atoms with Crippen LogP contribution in [-0.4, -0.2) is 16.7 Å². The van der Waals surface area contributed by atoms with E-state index in [-0.39, 0.29) is 0 Å². The summed E-state index contributed by atoms with van der Waals surface area (Å²) in [5.74, 6) is 1.43. The van der Waals surface area contributed by atoms with Gasteiger partial charge in [-0.3, -0.25) is 0 Å². The summed E-state index contributed by atoms with van der Waals surface area (Å²) in [5, 5.41) is 7.39. The van der Waals surface area contributed by atoms with Crippen LogP contribution in [0.1, 0.15) is 31.2 Å². The van der Waals surface area contributed by atoms with Gasteiger partial charge >= 0.3 is 0 Å². The predicted molar refractivity (Wildman–Crippen MR) is 70.5 cm³/mol. The highest BCUT2D eigenvalue weighted by Gasteiger charge is 2.13. The first-order valence-electron chi connectivity index (χ1n) is 6.56. The second-order valence-electron chi connectivity index (χ2n) is 4.67. The van der Waals surface area contributed by atoms with Crippen molar-refractivity contribution in [3.05, 3.63) is 29.6 Å². The van der Waals surface area contributed by atoms with Crippen molar-refractivity contribution in [3.8, 4) is 11.5 Å². The molecule has 0 atom stereocenters. The molecule has 0 amide bonds. The van der Waals surface area contributed by atoms with Crippen LogP contribution in [0.4, 0.5) is 5.69 Å². The highest BCUT2D eigenvalue weighted by atomic mass is 16.5. The standard InChI is InChI=1S/C14H17N3O/c1-2-4-13-16-14(18-17-13)11-6-7-12-10(9-11)5-3-8-15-12/h6-7,9,15H,2-5,8H2,1H3. The summed E-state index contributed by atoms with van der Waals surface area (Å²) in [6.45, 7) is 3.17. The van der Waals surface area contributed by atoms with Crippen molar-refractivity contribution < 1.29 is 4.52 Å². The van der Waals surface area contributed by atoms with Gasteiger partial charge in [-0.1, -0.05) is 12.1 Å². The lowest BCUT2D eigenvalue weighted by atomic mass is 10.0. The van der Waals surface area contributed by atoms with E-state index in [1.807, 2.05) is 6.07 Å². The second kappa shape index (κ2) is 4.80. The van der Waals surface area contributed by atoms with Gasteiger partial charge < -0.3 is 9.84 Å². The molecule has 1 N–H and O–H groups in total. The summed E-state index contributed by atoms with van der Waals surface area (Å²) in [7, 11) is 0. The van der Waals surface area contributed by atoms with Gasteiger partial charge in [0.1, 0.15) is 0 Å². The minimum atomic E-state index is 0.631. The molecule has 1 aliphatic rings. The van der Waals surface area contributed by atoms with Crippen molar-refractivity contribution in [2.24, 2.45) is 0 Å². The summed E-state index contributed by atoms with van der Waals surface area (Å²) in [6, 6.07) is 6.30. The Balaban J connectivity index is 1.91. The fourth-order valence-electron chi connectivity index (χ4n) is 2.30. The first-order valence-corrected chi connectivity index (χ1v) is 6.56. The second-order valence-corrected chi connectivity index (χ2v) is 4.67. The first kappa shape index (κ1) is 11.3. The highest BCUT2D eigenvalue weighted by Crippen LogP contribution is 2.27. The maximum absolute atomic E-state index is 5.31. The van der Waals surface area contributed by atoms with E-state index in [4.69, 9.17) is 4.52 Å². The molecule has 0 spiro atoms. The molecule has 0 saturated heterocycles. The molecule has 2 aromatic rings. The Hall–Kier alpha value is -1.84. The monoisotopic (exact) mass is 243 g/mol. The highest BCUT2D eigenvalue weighted by molar-refractivity contribution is 5.63.